The number of aryl methyl sites for hydroxylation is 1. The van der Waals surface area contributed by atoms with Crippen LogP contribution in [0.4, 0.5) is 16.0 Å². The van der Waals surface area contributed by atoms with Crippen molar-refractivity contribution in [3.8, 4) is 0 Å². The summed E-state index contributed by atoms with van der Waals surface area (Å²) in [6.45, 7) is 3.50. The molecule has 132 valence electrons. The zero-order valence-electron chi connectivity index (χ0n) is 14.1. The molecule has 0 saturated carbocycles. The highest BCUT2D eigenvalue weighted by Gasteiger charge is 2.30. The molecule has 3 N–H and O–H groups in total. The smallest absolute Gasteiger partial charge is 0.167 e. The van der Waals surface area contributed by atoms with Gasteiger partial charge in [-0.15, -0.1) is 11.3 Å². The Labute approximate surface area is 152 Å². The van der Waals surface area contributed by atoms with Crippen LogP contribution in [0.25, 0.3) is 10.2 Å². The van der Waals surface area contributed by atoms with Crippen molar-refractivity contribution in [2.45, 2.75) is 19.4 Å². The van der Waals surface area contributed by atoms with Crippen molar-refractivity contribution in [2.24, 2.45) is 0 Å². The van der Waals surface area contributed by atoms with Gasteiger partial charge in [-0.3, -0.25) is 5.10 Å². The molecule has 0 radical (unpaired) electrons. The summed E-state index contributed by atoms with van der Waals surface area (Å²) in [7, 11) is 0. The number of aromatic nitrogens is 4. The quantitative estimate of drug-likeness (QED) is 0.508. The second-order valence-corrected chi connectivity index (χ2v) is 7.09. The normalized spacial score (nSPS) is 13.7. The molecule has 0 saturated heterocycles. The molecule has 4 aromatic rings. The Morgan fingerprint density at radius 1 is 1.19 bits per heavy atom. The molecule has 0 aliphatic heterocycles. The van der Waals surface area contributed by atoms with Gasteiger partial charge in [0.15, 0.2) is 17.5 Å². The van der Waals surface area contributed by atoms with Gasteiger partial charge < -0.3 is 10.4 Å². The molecule has 0 bridgehead atoms. The van der Waals surface area contributed by atoms with E-state index < -0.39 is 5.60 Å². The fraction of sp³-hybridized carbons (Fsp3) is 0.167. The van der Waals surface area contributed by atoms with Gasteiger partial charge in [0, 0.05) is 11.8 Å². The lowest BCUT2D eigenvalue weighted by molar-refractivity contribution is 0.0927. The molecule has 6 nitrogen and oxygen atoms in total. The van der Waals surface area contributed by atoms with E-state index in [2.05, 4.69) is 25.5 Å². The monoisotopic (exact) mass is 369 g/mol. The summed E-state index contributed by atoms with van der Waals surface area (Å²) in [5.41, 5.74) is 0.677. The summed E-state index contributed by atoms with van der Waals surface area (Å²) < 4.78 is 14.1. The average molecular weight is 369 g/mol. The van der Waals surface area contributed by atoms with Crippen LogP contribution in [0.1, 0.15) is 24.0 Å². The van der Waals surface area contributed by atoms with E-state index in [0.29, 0.717) is 17.2 Å². The minimum absolute atomic E-state index is 0.227. The number of fused-ring (bicyclic) bond motifs is 1. The van der Waals surface area contributed by atoms with Crippen molar-refractivity contribution >= 4 is 33.2 Å². The lowest BCUT2D eigenvalue weighted by Crippen LogP contribution is -2.26. The summed E-state index contributed by atoms with van der Waals surface area (Å²) >= 11 is 1.50. The van der Waals surface area contributed by atoms with Gasteiger partial charge in [-0.1, -0.05) is 12.1 Å². The minimum atomic E-state index is -1.47. The van der Waals surface area contributed by atoms with Gasteiger partial charge in [0.05, 0.1) is 10.2 Å². The van der Waals surface area contributed by atoms with Gasteiger partial charge in [0.25, 0.3) is 0 Å². The zero-order chi connectivity index (χ0) is 18.3. The summed E-state index contributed by atoms with van der Waals surface area (Å²) in [6.07, 6.45) is 0. The van der Waals surface area contributed by atoms with Crippen molar-refractivity contribution in [3.05, 3.63) is 64.7 Å². The van der Waals surface area contributed by atoms with Crippen LogP contribution in [0.5, 0.6) is 0 Å². The fourth-order valence-electron chi connectivity index (χ4n) is 2.67. The van der Waals surface area contributed by atoms with Crippen molar-refractivity contribution < 1.29 is 9.50 Å². The van der Waals surface area contributed by atoms with Crippen LogP contribution in [-0.2, 0) is 5.60 Å². The molecule has 0 aliphatic rings. The number of hydrogen-bond acceptors (Lipinski definition) is 6. The SMILES string of the molecule is Cc1cc(Nc2nc([C@@](C)(O)c3ccc(F)cc3)nc3ccsc23)n[nH]1. The number of aromatic amines is 1. The molecule has 1 atom stereocenters. The lowest BCUT2D eigenvalue weighted by Gasteiger charge is -2.23. The number of H-pyrrole nitrogens is 1. The maximum Gasteiger partial charge on any atom is 0.167 e. The highest BCUT2D eigenvalue weighted by Crippen LogP contribution is 2.33. The van der Waals surface area contributed by atoms with Gasteiger partial charge >= 0.3 is 0 Å². The van der Waals surface area contributed by atoms with Crippen molar-refractivity contribution in [1.29, 1.82) is 0 Å². The molecule has 8 heteroatoms. The maximum atomic E-state index is 13.2. The van der Waals surface area contributed by atoms with Crippen LogP contribution in [0.15, 0.2) is 41.8 Å². The van der Waals surface area contributed by atoms with Gasteiger partial charge in [-0.05, 0) is 43.0 Å². The van der Waals surface area contributed by atoms with Crippen LogP contribution >= 0.6 is 11.3 Å². The van der Waals surface area contributed by atoms with Crippen molar-refractivity contribution in [3.63, 3.8) is 0 Å². The molecular weight excluding hydrogens is 353 g/mol. The Balaban J connectivity index is 1.81. The van der Waals surface area contributed by atoms with Gasteiger partial charge in [0.2, 0.25) is 0 Å². The predicted molar refractivity (Wildman–Crippen MR) is 99.1 cm³/mol. The molecule has 4 rings (SSSR count). The molecule has 0 fully saturated rings. The molecule has 1 aromatic carbocycles. The predicted octanol–water partition coefficient (Wildman–Crippen LogP) is 3.86. The second kappa shape index (κ2) is 6.15. The zero-order valence-corrected chi connectivity index (χ0v) is 14.9. The number of benzene rings is 1. The summed E-state index contributed by atoms with van der Waals surface area (Å²) in [4.78, 5) is 9.04. The number of aliphatic hydroxyl groups is 1. The van der Waals surface area contributed by atoms with Crippen LogP contribution in [0.2, 0.25) is 0 Å². The van der Waals surface area contributed by atoms with E-state index >= 15 is 0 Å². The van der Waals surface area contributed by atoms with E-state index in [4.69, 9.17) is 0 Å². The number of thiophene rings is 1. The first-order valence-corrected chi connectivity index (χ1v) is 8.84. The van der Waals surface area contributed by atoms with Gasteiger partial charge in [-0.25, -0.2) is 14.4 Å². The number of nitrogens with one attached hydrogen (secondary N) is 2. The maximum absolute atomic E-state index is 13.2. The lowest BCUT2D eigenvalue weighted by atomic mass is 9.95. The number of anilines is 2. The van der Waals surface area contributed by atoms with E-state index in [0.717, 1.165) is 15.9 Å². The van der Waals surface area contributed by atoms with E-state index in [9.17, 15) is 9.50 Å². The number of nitrogens with zero attached hydrogens (tertiary/aromatic N) is 3. The number of halogens is 1. The van der Waals surface area contributed by atoms with Crippen molar-refractivity contribution in [1.82, 2.24) is 20.2 Å². The molecule has 26 heavy (non-hydrogen) atoms. The van der Waals surface area contributed by atoms with Crippen molar-refractivity contribution in [2.75, 3.05) is 5.32 Å². The molecule has 0 amide bonds. The number of hydrogen-bond donors (Lipinski definition) is 3. The average Bonchev–Trinajstić information content (AvgIpc) is 3.24. The fourth-order valence-corrected chi connectivity index (χ4v) is 3.45. The van der Waals surface area contributed by atoms with E-state index in [1.165, 1.54) is 35.6 Å². The highest BCUT2D eigenvalue weighted by molar-refractivity contribution is 7.17. The van der Waals surface area contributed by atoms with E-state index in [1.54, 1.807) is 6.92 Å². The Kier molecular flexibility index (Phi) is 3.93. The minimum Gasteiger partial charge on any atom is -0.377 e. The Bertz CT molecular complexity index is 1070. The van der Waals surface area contributed by atoms with Crippen LogP contribution in [0.3, 0.4) is 0 Å². The standard InChI is InChI=1S/C18H16FN5OS/c1-10-9-14(24-23-10)21-16-15-13(7-8-26-15)20-17(22-16)18(2,25)11-3-5-12(19)6-4-11/h3-9,25H,1-2H3,(H2,20,21,22,23,24)/t18-/m0/s1. The molecular formula is C18H16FN5OS. The summed E-state index contributed by atoms with van der Waals surface area (Å²) in [6, 6.07) is 9.39. The Morgan fingerprint density at radius 2 is 1.96 bits per heavy atom. The molecule has 3 aromatic heterocycles. The summed E-state index contributed by atoms with van der Waals surface area (Å²) in [5.74, 6) is 1.05. The van der Waals surface area contributed by atoms with Crippen LogP contribution in [-0.4, -0.2) is 25.3 Å². The summed E-state index contributed by atoms with van der Waals surface area (Å²) in [5, 5.41) is 23.2. The molecule has 0 unspecified atom stereocenters. The second-order valence-electron chi connectivity index (χ2n) is 6.17. The number of rotatable bonds is 4. The van der Waals surface area contributed by atoms with Crippen LogP contribution in [0, 0.1) is 12.7 Å². The Hall–Kier alpha value is -2.84. The largest absolute Gasteiger partial charge is 0.377 e. The third-order valence-electron chi connectivity index (χ3n) is 4.10. The van der Waals surface area contributed by atoms with E-state index in [1.807, 2.05) is 24.4 Å². The first-order valence-electron chi connectivity index (χ1n) is 7.96. The van der Waals surface area contributed by atoms with Gasteiger partial charge in [-0.2, -0.15) is 5.10 Å². The molecule has 0 aliphatic carbocycles. The first-order chi connectivity index (χ1) is 12.4. The van der Waals surface area contributed by atoms with Crippen LogP contribution < -0.4 is 5.32 Å². The topological polar surface area (TPSA) is 86.7 Å². The third-order valence-corrected chi connectivity index (χ3v) is 5.01. The Morgan fingerprint density at radius 3 is 2.65 bits per heavy atom. The first kappa shape index (κ1) is 16.6. The van der Waals surface area contributed by atoms with E-state index in [-0.39, 0.29) is 11.6 Å². The highest BCUT2D eigenvalue weighted by atomic mass is 32.1. The van der Waals surface area contributed by atoms with Gasteiger partial charge in [0.1, 0.15) is 11.4 Å². The molecule has 0 spiro atoms. The molecule has 3 heterocycles. The third kappa shape index (κ3) is 2.93.